The van der Waals surface area contributed by atoms with Gasteiger partial charge in [0.25, 0.3) is 5.91 Å². The van der Waals surface area contributed by atoms with Crippen LogP contribution < -0.4 is 24.3 Å². The zero-order valence-electron chi connectivity index (χ0n) is 14.7. The smallest absolute Gasteiger partial charge is 0.260 e. The third-order valence-corrected chi connectivity index (χ3v) is 3.47. The molecular weight excluding hydrogens is 322 g/mol. The van der Waals surface area contributed by atoms with Gasteiger partial charge < -0.3 is 24.3 Å². The van der Waals surface area contributed by atoms with E-state index in [0.717, 1.165) is 0 Å². The molecule has 6 nitrogen and oxygen atoms in total. The lowest BCUT2D eigenvalue weighted by molar-refractivity contribution is -0.127. The molecule has 0 radical (unpaired) electrons. The quantitative estimate of drug-likeness (QED) is 0.708. The van der Waals surface area contributed by atoms with Crippen molar-refractivity contribution in [1.29, 1.82) is 0 Å². The van der Waals surface area contributed by atoms with Crippen LogP contribution in [0.2, 0.25) is 0 Å². The Bertz CT molecular complexity index is 689. The van der Waals surface area contributed by atoms with E-state index in [1.165, 1.54) is 0 Å². The fraction of sp³-hybridized carbons (Fsp3) is 0.316. The SMILES string of the molecule is COc1ccccc1OCCNC(=O)[C@@H](C)Oc1ccccc1OC. The molecule has 0 fully saturated rings. The summed E-state index contributed by atoms with van der Waals surface area (Å²) in [6, 6.07) is 14.6. The Morgan fingerprint density at radius 3 is 2.04 bits per heavy atom. The van der Waals surface area contributed by atoms with Crippen LogP contribution in [0.25, 0.3) is 0 Å². The van der Waals surface area contributed by atoms with Crippen LogP contribution in [0, 0.1) is 0 Å². The lowest BCUT2D eigenvalue weighted by Gasteiger charge is -2.17. The topological polar surface area (TPSA) is 66.0 Å². The second kappa shape index (κ2) is 9.42. The van der Waals surface area contributed by atoms with Crippen LogP contribution in [0.5, 0.6) is 23.0 Å². The van der Waals surface area contributed by atoms with E-state index in [1.807, 2.05) is 36.4 Å². The molecule has 2 rings (SSSR count). The number of para-hydroxylation sites is 4. The summed E-state index contributed by atoms with van der Waals surface area (Å²) >= 11 is 0. The molecule has 0 aliphatic carbocycles. The van der Waals surface area contributed by atoms with Gasteiger partial charge in [-0.15, -0.1) is 0 Å². The summed E-state index contributed by atoms with van der Waals surface area (Å²) in [5.74, 6) is 2.17. The molecule has 6 heteroatoms. The third-order valence-electron chi connectivity index (χ3n) is 3.47. The lowest BCUT2D eigenvalue weighted by atomic mass is 10.3. The van der Waals surface area contributed by atoms with Crippen LogP contribution >= 0.6 is 0 Å². The number of benzene rings is 2. The highest BCUT2D eigenvalue weighted by atomic mass is 16.5. The van der Waals surface area contributed by atoms with E-state index in [0.29, 0.717) is 36.1 Å². The molecular formula is C19H23NO5. The van der Waals surface area contributed by atoms with Gasteiger partial charge in [-0.05, 0) is 31.2 Å². The van der Waals surface area contributed by atoms with Gasteiger partial charge in [-0.2, -0.15) is 0 Å². The molecule has 25 heavy (non-hydrogen) atoms. The zero-order valence-corrected chi connectivity index (χ0v) is 14.7. The van der Waals surface area contributed by atoms with Crippen molar-refractivity contribution in [2.75, 3.05) is 27.4 Å². The average Bonchev–Trinajstić information content (AvgIpc) is 2.65. The molecule has 0 aliphatic heterocycles. The number of methoxy groups -OCH3 is 2. The molecule has 0 bridgehead atoms. The van der Waals surface area contributed by atoms with Crippen molar-refractivity contribution in [2.45, 2.75) is 13.0 Å². The molecule has 0 unspecified atom stereocenters. The van der Waals surface area contributed by atoms with Crippen molar-refractivity contribution < 1.29 is 23.7 Å². The van der Waals surface area contributed by atoms with Gasteiger partial charge in [0.2, 0.25) is 0 Å². The first kappa shape index (κ1) is 18.4. The predicted octanol–water partition coefficient (Wildman–Crippen LogP) is 2.67. The number of carbonyl (C=O) groups excluding carboxylic acids is 1. The second-order valence-electron chi connectivity index (χ2n) is 5.20. The molecule has 0 aliphatic rings. The highest BCUT2D eigenvalue weighted by Gasteiger charge is 2.16. The van der Waals surface area contributed by atoms with Crippen molar-refractivity contribution in [3.63, 3.8) is 0 Å². The van der Waals surface area contributed by atoms with Gasteiger partial charge in [0.05, 0.1) is 20.8 Å². The van der Waals surface area contributed by atoms with E-state index in [-0.39, 0.29) is 5.91 Å². The van der Waals surface area contributed by atoms with Crippen molar-refractivity contribution in [3.05, 3.63) is 48.5 Å². The van der Waals surface area contributed by atoms with Crippen molar-refractivity contribution >= 4 is 5.91 Å². The highest BCUT2D eigenvalue weighted by molar-refractivity contribution is 5.80. The summed E-state index contributed by atoms with van der Waals surface area (Å²) in [6.45, 7) is 2.37. The standard InChI is InChI=1S/C19H23NO5/c1-14(25-18-11-7-5-9-16(18)23-3)19(21)20-12-13-24-17-10-6-4-8-15(17)22-2/h4-11,14H,12-13H2,1-3H3,(H,20,21)/t14-/m1/s1. The molecule has 0 heterocycles. The first-order valence-corrected chi connectivity index (χ1v) is 7.99. The van der Waals surface area contributed by atoms with E-state index in [9.17, 15) is 4.79 Å². The van der Waals surface area contributed by atoms with Gasteiger partial charge in [-0.3, -0.25) is 4.79 Å². The Morgan fingerprint density at radius 1 is 0.920 bits per heavy atom. The van der Waals surface area contributed by atoms with Crippen LogP contribution in [0.4, 0.5) is 0 Å². The van der Waals surface area contributed by atoms with Gasteiger partial charge in [0.1, 0.15) is 6.61 Å². The minimum absolute atomic E-state index is 0.227. The lowest BCUT2D eigenvalue weighted by Crippen LogP contribution is -2.38. The minimum atomic E-state index is -0.650. The van der Waals surface area contributed by atoms with Crippen LogP contribution in [0.1, 0.15) is 6.92 Å². The molecule has 1 amide bonds. The number of carbonyl (C=O) groups is 1. The van der Waals surface area contributed by atoms with Gasteiger partial charge in [-0.25, -0.2) is 0 Å². The van der Waals surface area contributed by atoms with Gasteiger partial charge in [0, 0.05) is 0 Å². The van der Waals surface area contributed by atoms with Crippen molar-refractivity contribution in [2.24, 2.45) is 0 Å². The third kappa shape index (κ3) is 5.31. The van der Waals surface area contributed by atoms with E-state index in [2.05, 4.69) is 5.32 Å². The Hall–Kier alpha value is -2.89. The molecule has 0 saturated heterocycles. The molecule has 2 aromatic carbocycles. The van der Waals surface area contributed by atoms with Crippen LogP contribution in [0.3, 0.4) is 0 Å². The Morgan fingerprint density at radius 2 is 1.44 bits per heavy atom. The number of rotatable bonds is 9. The predicted molar refractivity (Wildman–Crippen MR) is 94.6 cm³/mol. The molecule has 1 N–H and O–H groups in total. The summed E-state index contributed by atoms with van der Waals surface area (Å²) in [5, 5.41) is 2.78. The summed E-state index contributed by atoms with van der Waals surface area (Å²) in [4.78, 5) is 12.1. The minimum Gasteiger partial charge on any atom is -0.493 e. The first-order valence-electron chi connectivity index (χ1n) is 7.99. The maximum Gasteiger partial charge on any atom is 0.260 e. The number of hydrogen-bond acceptors (Lipinski definition) is 5. The van der Waals surface area contributed by atoms with E-state index >= 15 is 0 Å². The number of hydrogen-bond donors (Lipinski definition) is 1. The summed E-state index contributed by atoms with van der Waals surface area (Å²) < 4.78 is 21.7. The highest BCUT2D eigenvalue weighted by Crippen LogP contribution is 2.27. The summed E-state index contributed by atoms with van der Waals surface area (Å²) in [6.07, 6.45) is -0.650. The van der Waals surface area contributed by atoms with E-state index in [4.69, 9.17) is 18.9 Å². The fourth-order valence-electron chi connectivity index (χ4n) is 2.18. The molecule has 1 atom stereocenters. The molecule has 0 spiro atoms. The molecule has 2 aromatic rings. The Labute approximate surface area is 147 Å². The maximum atomic E-state index is 12.1. The van der Waals surface area contributed by atoms with E-state index in [1.54, 1.807) is 33.3 Å². The van der Waals surface area contributed by atoms with Gasteiger partial charge in [-0.1, -0.05) is 24.3 Å². The second-order valence-corrected chi connectivity index (χ2v) is 5.20. The normalized spacial score (nSPS) is 11.3. The number of nitrogens with one attached hydrogen (secondary N) is 1. The van der Waals surface area contributed by atoms with Crippen molar-refractivity contribution in [3.8, 4) is 23.0 Å². The maximum absolute atomic E-state index is 12.1. The van der Waals surface area contributed by atoms with E-state index < -0.39 is 6.10 Å². The largest absolute Gasteiger partial charge is 0.493 e. The van der Waals surface area contributed by atoms with Gasteiger partial charge in [0.15, 0.2) is 29.1 Å². The summed E-state index contributed by atoms with van der Waals surface area (Å²) in [5.41, 5.74) is 0. The summed E-state index contributed by atoms with van der Waals surface area (Å²) in [7, 11) is 3.14. The van der Waals surface area contributed by atoms with Crippen LogP contribution in [-0.4, -0.2) is 39.4 Å². The van der Waals surface area contributed by atoms with Crippen LogP contribution in [-0.2, 0) is 4.79 Å². The molecule has 0 aromatic heterocycles. The Kier molecular flexibility index (Phi) is 6.95. The first-order chi connectivity index (χ1) is 12.2. The van der Waals surface area contributed by atoms with Crippen molar-refractivity contribution in [1.82, 2.24) is 5.32 Å². The monoisotopic (exact) mass is 345 g/mol. The fourth-order valence-corrected chi connectivity index (χ4v) is 2.18. The Balaban J connectivity index is 1.78. The number of ether oxygens (including phenoxy) is 4. The number of amides is 1. The van der Waals surface area contributed by atoms with Gasteiger partial charge >= 0.3 is 0 Å². The zero-order chi connectivity index (χ0) is 18.1. The average molecular weight is 345 g/mol. The molecule has 0 saturated carbocycles. The van der Waals surface area contributed by atoms with Crippen LogP contribution in [0.15, 0.2) is 48.5 Å². The molecule has 134 valence electrons.